The van der Waals surface area contributed by atoms with Gasteiger partial charge >= 0.3 is 0 Å². The van der Waals surface area contributed by atoms with Crippen LogP contribution in [-0.2, 0) is 6.61 Å². The van der Waals surface area contributed by atoms with E-state index < -0.39 is 11.6 Å². The first-order valence-electron chi connectivity index (χ1n) is 7.88. The molecule has 0 atom stereocenters. The summed E-state index contributed by atoms with van der Waals surface area (Å²) >= 11 is 0. The summed E-state index contributed by atoms with van der Waals surface area (Å²) in [5.74, 6) is -1.57. The fourth-order valence-corrected chi connectivity index (χ4v) is 2.11. The fourth-order valence-electron chi connectivity index (χ4n) is 2.11. The lowest BCUT2D eigenvalue weighted by atomic mass is 10.3. The number of likely N-dealkylation sites (N-methyl/N-ethyl adjacent to an activating group) is 2. The smallest absolute Gasteiger partial charge is 0.276 e. The molecule has 0 bridgehead atoms. The Morgan fingerprint density at radius 1 is 1.24 bits per heavy atom. The standard InChI is InChI=1S/C17H21F2N3O3/c1-4-22(8-7-21(2)3)17(23)15-10-13(25-20-15)11-24-16-6-5-12(18)9-14(16)19/h5-6,9-10H,4,7-8,11H2,1-3H3. The number of carbonyl (C=O) groups excluding carboxylic acids is 1. The van der Waals surface area contributed by atoms with E-state index in [1.54, 1.807) is 4.90 Å². The van der Waals surface area contributed by atoms with Crippen LogP contribution in [0.4, 0.5) is 8.78 Å². The van der Waals surface area contributed by atoms with Crippen molar-refractivity contribution < 1.29 is 22.8 Å². The van der Waals surface area contributed by atoms with Crippen LogP contribution >= 0.6 is 0 Å². The molecule has 0 aliphatic carbocycles. The van der Waals surface area contributed by atoms with Crippen molar-refractivity contribution >= 4 is 5.91 Å². The van der Waals surface area contributed by atoms with Gasteiger partial charge in [-0.2, -0.15) is 0 Å². The van der Waals surface area contributed by atoms with E-state index in [9.17, 15) is 13.6 Å². The lowest BCUT2D eigenvalue weighted by Gasteiger charge is -2.21. The lowest BCUT2D eigenvalue weighted by molar-refractivity contribution is 0.0743. The van der Waals surface area contributed by atoms with E-state index in [0.717, 1.165) is 18.7 Å². The van der Waals surface area contributed by atoms with Crippen molar-refractivity contribution in [3.63, 3.8) is 0 Å². The maximum Gasteiger partial charge on any atom is 0.276 e. The van der Waals surface area contributed by atoms with Crippen molar-refractivity contribution in [3.05, 3.63) is 47.4 Å². The van der Waals surface area contributed by atoms with Crippen LogP contribution in [-0.4, -0.2) is 54.6 Å². The van der Waals surface area contributed by atoms with E-state index in [1.807, 2.05) is 25.9 Å². The first-order chi connectivity index (χ1) is 11.9. The lowest BCUT2D eigenvalue weighted by Crippen LogP contribution is -2.36. The Kier molecular flexibility index (Phi) is 6.46. The highest BCUT2D eigenvalue weighted by atomic mass is 19.1. The number of carbonyl (C=O) groups is 1. The third-order valence-corrected chi connectivity index (χ3v) is 3.53. The molecular weight excluding hydrogens is 332 g/mol. The molecule has 1 aromatic heterocycles. The molecule has 8 heteroatoms. The van der Waals surface area contributed by atoms with Crippen molar-refractivity contribution in [2.75, 3.05) is 33.7 Å². The Hall–Kier alpha value is -2.48. The van der Waals surface area contributed by atoms with Crippen LogP contribution in [0.3, 0.4) is 0 Å². The summed E-state index contributed by atoms with van der Waals surface area (Å²) in [6.45, 7) is 3.62. The minimum Gasteiger partial charge on any atom is -0.482 e. The number of halogens is 2. The average molecular weight is 353 g/mol. The van der Waals surface area contributed by atoms with Crippen molar-refractivity contribution in [1.29, 1.82) is 0 Å². The average Bonchev–Trinajstić information content (AvgIpc) is 3.03. The molecule has 0 saturated heterocycles. The summed E-state index contributed by atoms with van der Waals surface area (Å²) in [6.07, 6.45) is 0. The van der Waals surface area contributed by atoms with E-state index >= 15 is 0 Å². The summed E-state index contributed by atoms with van der Waals surface area (Å²) in [4.78, 5) is 16.0. The van der Waals surface area contributed by atoms with Gasteiger partial charge in [0, 0.05) is 31.8 Å². The van der Waals surface area contributed by atoms with Crippen molar-refractivity contribution in [3.8, 4) is 5.75 Å². The van der Waals surface area contributed by atoms with Crippen LogP contribution in [0, 0.1) is 11.6 Å². The molecule has 0 fully saturated rings. The second-order valence-electron chi connectivity index (χ2n) is 5.73. The summed E-state index contributed by atoms with van der Waals surface area (Å²) < 4.78 is 36.7. The highest BCUT2D eigenvalue weighted by Gasteiger charge is 2.19. The fraction of sp³-hybridized carbons (Fsp3) is 0.412. The van der Waals surface area contributed by atoms with Gasteiger partial charge in [-0.15, -0.1) is 0 Å². The van der Waals surface area contributed by atoms with E-state index in [2.05, 4.69) is 5.16 Å². The van der Waals surface area contributed by atoms with Gasteiger partial charge in [0.25, 0.3) is 5.91 Å². The molecule has 1 heterocycles. The molecule has 0 unspecified atom stereocenters. The predicted octanol–water partition coefficient (Wildman–Crippen LogP) is 2.56. The maximum absolute atomic E-state index is 13.5. The Morgan fingerprint density at radius 3 is 2.64 bits per heavy atom. The number of ether oxygens (including phenoxy) is 1. The second kappa shape index (κ2) is 8.57. The Bertz CT molecular complexity index is 719. The molecule has 6 nitrogen and oxygen atoms in total. The number of nitrogens with zero attached hydrogens (tertiary/aromatic N) is 3. The number of rotatable bonds is 8. The van der Waals surface area contributed by atoms with E-state index in [1.165, 1.54) is 12.1 Å². The van der Waals surface area contributed by atoms with Gasteiger partial charge in [0.2, 0.25) is 0 Å². The van der Waals surface area contributed by atoms with E-state index in [4.69, 9.17) is 9.26 Å². The van der Waals surface area contributed by atoms with E-state index in [0.29, 0.717) is 13.1 Å². The van der Waals surface area contributed by atoms with Crippen molar-refractivity contribution in [2.45, 2.75) is 13.5 Å². The summed E-state index contributed by atoms with van der Waals surface area (Å²) in [7, 11) is 3.86. The molecule has 0 N–H and O–H groups in total. The summed E-state index contributed by atoms with van der Waals surface area (Å²) in [5.41, 5.74) is 0.166. The van der Waals surface area contributed by atoms with Crippen molar-refractivity contribution in [2.24, 2.45) is 0 Å². The van der Waals surface area contributed by atoms with Crippen molar-refractivity contribution in [1.82, 2.24) is 15.0 Å². The third-order valence-electron chi connectivity index (χ3n) is 3.53. The Labute approximate surface area is 144 Å². The van der Waals surface area contributed by atoms with Gasteiger partial charge in [-0.05, 0) is 33.2 Å². The van der Waals surface area contributed by atoms with Crippen LogP contribution in [0.15, 0.2) is 28.8 Å². The predicted molar refractivity (Wildman–Crippen MR) is 87.3 cm³/mol. The first kappa shape index (κ1) is 18.9. The highest BCUT2D eigenvalue weighted by Crippen LogP contribution is 2.19. The normalized spacial score (nSPS) is 11.0. The SMILES string of the molecule is CCN(CCN(C)C)C(=O)c1cc(COc2ccc(F)cc2F)on1. The number of aromatic nitrogens is 1. The number of amides is 1. The molecular formula is C17H21F2N3O3. The molecule has 0 spiro atoms. The first-order valence-corrected chi connectivity index (χ1v) is 7.88. The van der Waals surface area contributed by atoms with Crippen LogP contribution in [0.5, 0.6) is 5.75 Å². The minimum atomic E-state index is -0.809. The number of hydrogen-bond donors (Lipinski definition) is 0. The molecule has 2 aromatic rings. The summed E-state index contributed by atoms with van der Waals surface area (Å²) in [5, 5.41) is 3.75. The topological polar surface area (TPSA) is 58.8 Å². The number of benzene rings is 1. The van der Waals surface area contributed by atoms with Crippen LogP contribution in [0.1, 0.15) is 23.2 Å². The molecule has 136 valence electrons. The maximum atomic E-state index is 13.5. The van der Waals surface area contributed by atoms with Gasteiger partial charge in [0.1, 0.15) is 12.4 Å². The quantitative estimate of drug-likeness (QED) is 0.730. The van der Waals surface area contributed by atoms with Crippen LogP contribution in [0.25, 0.3) is 0 Å². The zero-order valence-corrected chi connectivity index (χ0v) is 14.5. The Morgan fingerprint density at radius 2 is 2.00 bits per heavy atom. The van der Waals surface area contributed by atoms with Gasteiger partial charge in [-0.3, -0.25) is 4.79 Å². The largest absolute Gasteiger partial charge is 0.482 e. The zero-order chi connectivity index (χ0) is 18.4. The van der Waals surface area contributed by atoms with Crippen LogP contribution in [0.2, 0.25) is 0 Å². The molecule has 0 radical (unpaired) electrons. The Balaban J connectivity index is 1.97. The molecule has 1 aromatic carbocycles. The molecule has 1 amide bonds. The number of hydrogen-bond acceptors (Lipinski definition) is 5. The molecule has 0 aliphatic heterocycles. The molecule has 0 aliphatic rings. The second-order valence-corrected chi connectivity index (χ2v) is 5.73. The molecule has 2 rings (SSSR count). The van der Waals surface area contributed by atoms with Gasteiger partial charge in [0.05, 0.1) is 0 Å². The monoisotopic (exact) mass is 353 g/mol. The molecule has 25 heavy (non-hydrogen) atoms. The van der Waals surface area contributed by atoms with Gasteiger partial charge in [0.15, 0.2) is 23.0 Å². The summed E-state index contributed by atoms with van der Waals surface area (Å²) in [6, 6.07) is 4.47. The third kappa shape index (κ3) is 5.25. The van der Waals surface area contributed by atoms with Gasteiger partial charge in [-0.25, -0.2) is 8.78 Å². The van der Waals surface area contributed by atoms with E-state index in [-0.39, 0.29) is 29.7 Å². The minimum absolute atomic E-state index is 0.105. The van der Waals surface area contributed by atoms with Crippen LogP contribution < -0.4 is 4.74 Å². The zero-order valence-electron chi connectivity index (χ0n) is 14.5. The van der Waals surface area contributed by atoms with Gasteiger partial charge in [-0.1, -0.05) is 5.16 Å². The van der Waals surface area contributed by atoms with Gasteiger partial charge < -0.3 is 19.1 Å². The molecule has 0 saturated carbocycles. The highest BCUT2D eigenvalue weighted by molar-refractivity contribution is 5.92.